The number of carbonyl (C=O) groups excluding carboxylic acids is 1. The maximum absolute atomic E-state index is 12.5. The Bertz CT molecular complexity index is 580. The molecule has 0 spiro atoms. The van der Waals surface area contributed by atoms with Crippen LogP contribution in [0.15, 0.2) is 17.1 Å². The first-order valence-electron chi connectivity index (χ1n) is 8.00. The van der Waals surface area contributed by atoms with Crippen molar-refractivity contribution in [2.75, 3.05) is 19.6 Å². The lowest BCUT2D eigenvalue weighted by molar-refractivity contribution is 0.0877. The molecule has 1 saturated heterocycles. The maximum atomic E-state index is 12.5. The normalized spacial score (nSPS) is 17.5. The smallest absolute Gasteiger partial charge is 0.257 e. The highest BCUT2D eigenvalue weighted by Gasteiger charge is 2.29. The number of hydrogen-bond acceptors (Lipinski definition) is 3. The summed E-state index contributed by atoms with van der Waals surface area (Å²) in [5, 5.41) is 3.06. The molecule has 1 aliphatic heterocycles. The lowest BCUT2D eigenvalue weighted by Gasteiger charge is -2.34. The first-order valence-corrected chi connectivity index (χ1v) is 8.00. The van der Waals surface area contributed by atoms with E-state index in [4.69, 9.17) is 0 Å². The third-order valence-electron chi connectivity index (χ3n) is 4.29. The van der Waals surface area contributed by atoms with E-state index in [1.165, 1.54) is 25.1 Å². The zero-order valence-corrected chi connectivity index (χ0v) is 14.0. The molecular weight excluding hydrogens is 278 g/mol. The summed E-state index contributed by atoms with van der Waals surface area (Å²) < 4.78 is 0. The van der Waals surface area contributed by atoms with Crippen molar-refractivity contribution in [2.24, 2.45) is 5.41 Å². The molecule has 2 rings (SSSR count). The van der Waals surface area contributed by atoms with Gasteiger partial charge in [-0.05, 0) is 38.3 Å². The van der Waals surface area contributed by atoms with Crippen molar-refractivity contribution in [2.45, 2.75) is 46.6 Å². The van der Waals surface area contributed by atoms with Crippen molar-refractivity contribution in [3.63, 3.8) is 0 Å². The van der Waals surface area contributed by atoms with E-state index in [9.17, 15) is 9.59 Å². The number of likely N-dealkylation sites (tertiary alicyclic amines) is 1. The number of aryl methyl sites for hydroxylation is 1. The van der Waals surface area contributed by atoms with Crippen LogP contribution in [-0.2, 0) is 0 Å². The molecule has 22 heavy (non-hydrogen) atoms. The molecule has 0 bridgehead atoms. The van der Waals surface area contributed by atoms with Crippen molar-refractivity contribution in [1.29, 1.82) is 0 Å². The molecular formula is C17H27N3O2. The molecule has 1 fully saturated rings. The first kappa shape index (κ1) is 16.7. The molecule has 2 N–H and O–H groups in total. The Hall–Kier alpha value is -1.62. The van der Waals surface area contributed by atoms with Crippen LogP contribution in [0.3, 0.4) is 0 Å². The van der Waals surface area contributed by atoms with Crippen LogP contribution in [0.2, 0.25) is 0 Å². The van der Waals surface area contributed by atoms with E-state index in [1.807, 2.05) is 0 Å². The maximum Gasteiger partial charge on any atom is 0.257 e. The fourth-order valence-corrected chi connectivity index (χ4v) is 2.75. The summed E-state index contributed by atoms with van der Waals surface area (Å²) in [6, 6.07) is 1.47. The standard InChI is InChI=1S/C17H27N3O2/c1-12-9-14(21)13(10-18-12)16(22)19-15(17(2,3)4)11-20-7-5-6-8-20/h9-10,15H,5-8,11H2,1-4H3,(H,18,21)(H,19,22). The summed E-state index contributed by atoms with van der Waals surface area (Å²) in [6.45, 7) is 11.2. The van der Waals surface area contributed by atoms with E-state index >= 15 is 0 Å². The summed E-state index contributed by atoms with van der Waals surface area (Å²) >= 11 is 0. The molecule has 0 aliphatic carbocycles. The largest absolute Gasteiger partial charge is 0.364 e. The van der Waals surface area contributed by atoms with Crippen molar-refractivity contribution < 1.29 is 4.79 Å². The van der Waals surface area contributed by atoms with Gasteiger partial charge in [-0.3, -0.25) is 9.59 Å². The molecule has 122 valence electrons. The van der Waals surface area contributed by atoms with Gasteiger partial charge in [-0.15, -0.1) is 0 Å². The zero-order chi connectivity index (χ0) is 16.3. The van der Waals surface area contributed by atoms with Gasteiger partial charge in [-0.2, -0.15) is 0 Å². The van der Waals surface area contributed by atoms with Gasteiger partial charge in [0.25, 0.3) is 5.91 Å². The Labute approximate surface area is 132 Å². The predicted octanol–water partition coefficient (Wildman–Crippen LogP) is 1.92. The van der Waals surface area contributed by atoms with Gasteiger partial charge in [-0.1, -0.05) is 20.8 Å². The van der Waals surface area contributed by atoms with Crippen LogP contribution in [0.5, 0.6) is 0 Å². The van der Waals surface area contributed by atoms with Gasteiger partial charge in [-0.25, -0.2) is 0 Å². The number of hydrogen-bond donors (Lipinski definition) is 2. The second kappa shape index (κ2) is 6.65. The van der Waals surface area contributed by atoms with Gasteiger partial charge in [0.05, 0.1) is 0 Å². The summed E-state index contributed by atoms with van der Waals surface area (Å²) in [5.41, 5.74) is 0.644. The van der Waals surface area contributed by atoms with Crippen LogP contribution in [0.4, 0.5) is 0 Å². The second-order valence-electron chi connectivity index (χ2n) is 7.29. The Morgan fingerprint density at radius 3 is 2.55 bits per heavy atom. The molecule has 0 radical (unpaired) electrons. The lowest BCUT2D eigenvalue weighted by Crippen LogP contribution is -2.50. The summed E-state index contributed by atoms with van der Waals surface area (Å²) in [7, 11) is 0. The summed E-state index contributed by atoms with van der Waals surface area (Å²) in [5.74, 6) is -0.291. The molecule has 1 aliphatic rings. The number of amides is 1. The fraction of sp³-hybridized carbons (Fsp3) is 0.647. The molecule has 5 nitrogen and oxygen atoms in total. The van der Waals surface area contributed by atoms with Gasteiger partial charge in [0.15, 0.2) is 5.43 Å². The summed E-state index contributed by atoms with van der Waals surface area (Å²) in [6.07, 6.45) is 3.95. The number of aromatic nitrogens is 1. The van der Waals surface area contributed by atoms with E-state index in [0.29, 0.717) is 0 Å². The van der Waals surface area contributed by atoms with Gasteiger partial charge < -0.3 is 15.2 Å². The molecule has 1 aromatic heterocycles. The van der Waals surface area contributed by atoms with E-state index in [0.717, 1.165) is 25.3 Å². The number of carbonyl (C=O) groups is 1. The number of pyridine rings is 1. The number of aromatic amines is 1. The molecule has 0 aromatic carbocycles. The topological polar surface area (TPSA) is 65.2 Å². The van der Waals surface area contributed by atoms with Gasteiger partial charge in [0.1, 0.15) is 5.56 Å². The van der Waals surface area contributed by atoms with Crippen molar-refractivity contribution in [3.05, 3.63) is 33.7 Å². The van der Waals surface area contributed by atoms with Crippen LogP contribution in [0, 0.1) is 12.3 Å². The minimum atomic E-state index is -0.291. The Morgan fingerprint density at radius 2 is 2.00 bits per heavy atom. The minimum absolute atomic E-state index is 0.0128. The molecule has 5 heteroatoms. The van der Waals surface area contributed by atoms with E-state index in [1.54, 1.807) is 6.92 Å². The molecule has 1 amide bonds. The molecule has 0 saturated carbocycles. The average Bonchev–Trinajstić information content (AvgIpc) is 2.89. The van der Waals surface area contributed by atoms with Crippen LogP contribution >= 0.6 is 0 Å². The SMILES string of the molecule is Cc1cc(=O)c(C(=O)NC(CN2CCCC2)C(C)(C)C)c[nH]1. The average molecular weight is 305 g/mol. The zero-order valence-electron chi connectivity index (χ0n) is 14.0. The summed E-state index contributed by atoms with van der Waals surface area (Å²) in [4.78, 5) is 29.7. The number of rotatable bonds is 4. The molecule has 1 atom stereocenters. The Kier molecular flexibility index (Phi) is 5.06. The van der Waals surface area contributed by atoms with Crippen LogP contribution < -0.4 is 10.7 Å². The van der Waals surface area contributed by atoms with Crippen LogP contribution in [0.1, 0.15) is 49.7 Å². The minimum Gasteiger partial charge on any atom is -0.364 e. The highest BCUT2D eigenvalue weighted by molar-refractivity contribution is 5.94. The highest BCUT2D eigenvalue weighted by atomic mass is 16.2. The first-order chi connectivity index (χ1) is 10.3. The van der Waals surface area contributed by atoms with Gasteiger partial charge in [0.2, 0.25) is 0 Å². The van der Waals surface area contributed by atoms with Crippen LogP contribution in [-0.4, -0.2) is 41.5 Å². The number of H-pyrrole nitrogens is 1. The Morgan fingerprint density at radius 1 is 1.36 bits per heavy atom. The fourth-order valence-electron chi connectivity index (χ4n) is 2.75. The second-order valence-corrected chi connectivity index (χ2v) is 7.29. The Balaban J connectivity index is 2.11. The van der Waals surface area contributed by atoms with Crippen molar-refractivity contribution >= 4 is 5.91 Å². The third-order valence-corrected chi connectivity index (χ3v) is 4.29. The third kappa shape index (κ3) is 4.19. The van der Waals surface area contributed by atoms with Gasteiger partial charge in [0, 0.05) is 30.5 Å². The van der Waals surface area contributed by atoms with Crippen molar-refractivity contribution in [3.8, 4) is 0 Å². The van der Waals surface area contributed by atoms with E-state index < -0.39 is 0 Å². The number of nitrogens with one attached hydrogen (secondary N) is 2. The predicted molar refractivity (Wildman–Crippen MR) is 88.2 cm³/mol. The molecule has 1 aromatic rings. The van der Waals surface area contributed by atoms with E-state index in [2.05, 4.69) is 36.0 Å². The quantitative estimate of drug-likeness (QED) is 0.893. The molecule has 1 unspecified atom stereocenters. The lowest BCUT2D eigenvalue weighted by atomic mass is 9.86. The van der Waals surface area contributed by atoms with Crippen molar-refractivity contribution in [1.82, 2.24) is 15.2 Å². The molecule has 2 heterocycles. The van der Waals surface area contributed by atoms with Gasteiger partial charge >= 0.3 is 0 Å². The van der Waals surface area contributed by atoms with E-state index in [-0.39, 0.29) is 28.4 Å². The number of nitrogens with zero attached hydrogens (tertiary/aromatic N) is 1. The highest BCUT2D eigenvalue weighted by Crippen LogP contribution is 2.22. The van der Waals surface area contributed by atoms with Crippen LogP contribution in [0.25, 0.3) is 0 Å². The monoisotopic (exact) mass is 305 g/mol.